The Kier molecular flexibility index (Phi) is 7.05. The van der Waals surface area contributed by atoms with Crippen LogP contribution in [0.15, 0.2) is 121 Å². The van der Waals surface area contributed by atoms with Crippen molar-refractivity contribution in [1.29, 1.82) is 0 Å². The first-order chi connectivity index (χ1) is 31.1. The minimum Gasteiger partial charge on any atom is -0.268 e. The Hall–Kier alpha value is -8.60. The predicted molar refractivity (Wildman–Crippen MR) is 238 cm³/mol. The number of carbonyl (C=O) groups is 8. The van der Waals surface area contributed by atoms with Crippen LogP contribution in [0.4, 0.5) is 21.6 Å². The van der Waals surface area contributed by atoms with Gasteiger partial charge in [0, 0.05) is 66.1 Å². The van der Waals surface area contributed by atoms with Gasteiger partial charge in [-0.25, -0.2) is 29.6 Å². The second kappa shape index (κ2) is 12.5. The lowest BCUT2D eigenvalue weighted by atomic mass is 9.85. The van der Waals surface area contributed by atoms with Gasteiger partial charge in [-0.15, -0.1) is 0 Å². The third-order valence-corrected chi connectivity index (χ3v) is 14.1. The van der Waals surface area contributed by atoms with E-state index in [2.05, 4.69) is 9.97 Å². The highest BCUT2D eigenvalue weighted by atomic mass is 32.1. The van der Waals surface area contributed by atoms with E-state index in [0.717, 1.165) is 29.0 Å². The maximum absolute atomic E-state index is 14.2. The first-order valence-corrected chi connectivity index (χ1v) is 21.3. The third-order valence-electron chi connectivity index (χ3n) is 12.1. The van der Waals surface area contributed by atoms with E-state index >= 15 is 0 Å². The van der Waals surface area contributed by atoms with E-state index in [-0.39, 0.29) is 87.7 Å². The molecule has 8 amide bonds. The number of rotatable bonds is 4. The summed E-state index contributed by atoms with van der Waals surface area (Å²) in [5, 5.41) is 1.22. The minimum atomic E-state index is -0.702. The van der Waals surface area contributed by atoms with E-state index in [1.54, 1.807) is 12.1 Å². The molecule has 0 bridgehead atoms. The van der Waals surface area contributed by atoms with Crippen molar-refractivity contribution in [3.63, 3.8) is 0 Å². The molecule has 0 saturated carbocycles. The molecular weight excluding hydrogens is 853 g/mol. The van der Waals surface area contributed by atoms with Crippen molar-refractivity contribution in [1.82, 2.24) is 9.97 Å². The fourth-order valence-electron chi connectivity index (χ4n) is 9.23. The largest absolute Gasteiger partial charge is 0.268 e. The van der Waals surface area contributed by atoms with E-state index in [4.69, 9.17) is 0 Å². The summed E-state index contributed by atoms with van der Waals surface area (Å²) in [7, 11) is 0. The van der Waals surface area contributed by atoms with Crippen LogP contribution in [0.3, 0.4) is 0 Å². The van der Waals surface area contributed by atoms with Crippen molar-refractivity contribution in [3.8, 4) is 0 Å². The Bertz CT molecular complexity index is 3380. The number of anilines is 4. The predicted octanol–water partition coefficient (Wildman–Crippen LogP) is 8.41. The second-order valence-corrected chi connectivity index (χ2v) is 17.4. The van der Waals surface area contributed by atoms with E-state index in [1.165, 1.54) is 95.5 Å². The molecule has 0 fully saturated rings. The molecule has 0 saturated heterocycles. The van der Waals surface area contributed by atoms with Crippen LogP contribution in [0.25, 0.3) is 42.0 Å². The van der Waals surface area contributed by atoms with Crippen LogP contribution in [0, 0.1) is 0 Å². The lowest BCUT2D eigenvalue weighted by Gasteiger charge is -2.32. The van der Waals surface area contributed by atoms with E-state index in [0.29, 0.717) is 11.0 Å². The highest BCUT2D eigenvalue weighted by molar-refractivity contribution is 7.23. The Labute approximate surface area is 365 Å². The molecule has 13 rings (SSSR count). The molecule has 0 spiro atoms. The number of aromatic nitrogens is 2. The van der Waals surface area contributed by atoms with Crippen LogP contribution >= 0.6 is 22.7 Å². The maximum atomic E-state index is 14.2. The van der Waals surface area contributed by atoms with Crippen molar-refractivity contribution in [2.24, 2.45) is 0 Å². The van der Waals surface area contributed by atoms with Gasteiger partial charge in [0.05, 0.1) is 31.8 Å². The van der Waals surface area contributed by atoms with Crippen molar-refractivity contribution < 1.29 is 38.4 Å². The molecule has 0 radical (unpaired) electrons. The molecule has 9 aromatic rings. The summed E-state index contributed by atoms with van der Waals surface area (Å²) in [6, 6.07) is 32.0. The van der Waals surface area contributed by atoms with Crippen LogP contribution in [-0.4, -0.2) is 57.2 Å². The fourth-order valence-corrected chi connectivity index (χ4v) is 11.2. The van der Waals surface area contributed by atoms with Crippen LogP contribution in [0.1, 0.15) is 82.9 Å². The van der Waals surface area contributed by atoms with Crippen LogP contribution in [0.5, 0.6) is 0 Å². The monoisotopic (exact) mass is 872 g/mol. The number of fused-ring (bicyclic) bond motifs is 2. The van der Waals surface area contributed by atoms with Gasteiger partial charge in [0.15, 0.2) is 0 Å². The van der Waals surface area contributed by atoms with Gasteiger partial charge in [0.25, 0.3) is 47.3 Å². The molecule has 0 N–H and O–H groups in total. The molecule has 6 heterocycles. The lowest BCUT2D eigenvalue weighted by Crippen LogP contribution is -2.44. The molecule has 302 valence electrons. The van der Waals surface area contributed by atoms with Gasteiger partial charge in [-0.2, -0.15) is 0 Å². The summed E-state index contributed by atoms with van der Waals surface area (Å²) in [5.74, 6) is -5.32. The molecule has 4 aliphatic rings. The summed E-state index contributed by atoms with van der Waals surface area (Å²) in [4.78, 5) is 126. The minimum absolute atomic E-state index is 0.103. The normalized spacial score (nSPS) is 15.6. The lowest BCUT2D eigenvalue weighted by molar-refractivity contribution is 0.0872. The molecule has 7 aromatic carbocycles. The summed E-state index contributed by atoms with van der Waals surface area (Å²) < 4.78 is 1.59. The fraction of sp³-hybridized carbons (Fsp3) is 0. The van der Waals surface area contributed by atoms with Gasteiger partial charge in [-0.05, 0) is 97.1 Å². The van der Waals surface area contributed by atoms with Crippen molar-refractivity contribution in [3.05, 3.63) is 166 Å². The quantitative estimate of drug-likeness (QED) is 0.156. The topological polar surface area (TPSA) is 175 Å². The number of para-hydroxylation sites is 2. The van der Waals surface area contributed by atoms with Gasteiger partial charge in [0.2, 0.25) is 10.3 Å². The van der Waals surface area contributed by atoms with Gasteiger partial charge in [-0.1, -0.05) is 46.9 Å². The SMILES string of the molecule is O=C1c2ccc3c4c(ccc(c24)C(=O)N1c1ccc(N2C(=O)c4ccc5c6c(ccc(c46)C2=O)C(=O)N(c2nc4ccccc4s2)C5=O)cc1)C(=O)N(c1nc2ccccc2s1)C3=O. The number of carbonyl (C=O) groups excluding carboxylic acids is 8. The van der Waals surface area contributed by atoms with Gasteiger partial charge >= 0.3 is 0 Å². The molecular formula is C48H20N6O8S2. The van der Waals surface area contributed by atoms with Crippen LogP contribution in [-0.2, 0) is 0 Å². The molecule has 0 unspecified atom stereocenters. The molecule has 16 heteroatoms. The summed E-state index contributed by atoms with van der Waals surface area (Å²) in [5.41, 5.74) is 2.55. The van der Waals surface area contributed by atoms with E-state index in [9.17, 15) is 38.4 Å². The Morgan fingerprint density at radius 1 is 0.297 bits per heavy atom. The zero-order valence-corrected chi connectivity index (χ0v) is 33.9. The van der Waals surface area contributed by atoms with Crippen molar-refractivity contribution in [2.75, 3.05) is 19.6 Å². The number of thiazole rings is 2. The molecule has 64 heavy (non-hydrogen) atoms. The molecule has 2 aromatic heterocycles. The summed E-state index contributed by atoms with van der Waals surface area (Å²) >= 11 is 2.40. The number of hydrogen-bond acceptors (Lipinski definition) is 12. The first-order valence-electron chi connectivity index (χ1n) is 19.6. The Morgan fingerprint density at radius 3 is 0.812 bits per heavy atom. The second-order valence-electron chi connectivity index (χ2n) is 15.4. The average molecular weight is 873 g/mol. The van der Waals surface area contributed by atoms with Crippen molar-refractivity contribution >= 4 is 134 Å². The zero-order chi connectivity index (χ0) is 43.4. The van der Waals surface area contributed by atoms with E-state index < -0.39 is 47.3 Å². The maximum Gasteiger partial charge on any atom is 0.267 e. The molecule has 14 nitrogen and oxygen atoms in total. The highest BCUT2D eigenvalue weighted by Crippen LogP contribution is 2.44. The number of benzene rings is 7. The molecule has 0 aliphatic carbocycles. The van der Waals surface area contributed by atoms with Gasteiger partial charge < -0.3 is 0 Å². The third kappa shape index (κ3) is 4.56. The summed E-state index contributed by atoms with van der Waals surface area (Å²) in [6.07, 6.45) is 0. The number of amides is 8. The smallest absolute Gasteiger partial charge is 0.267 e. The van der Waals surface area contributed by atoms with E-state index in [1.807, 2.05) is 36.4 Å². The number of nitrogens with zero attached hydrogens (tertiary/aromatic N) is 6. The average Bonchev–Trinajstić information content (AvgIpc) is 3.94. The summed E-state index contributed by atoms with van der Waals surface area (Å²) in [6.45, 7) is 0. The zero-order valence-electron chi connectivity index (χ0n) is 32.3. The van der Waals surface area contributed by atoms with Crippen LogP contribution in [0.2, 0.25) is 0 Å². The van der Waals surface area contributed by atoms with Crippen LogP contribution < -0.4 is 19.6 Å². The standard InChI is InChI=1S/C48H20N6O8S2/c55-39-23-13-17-27-37-28(44(60)53(43(27)59)47-49-31-5-1-3-7-33(31)63-47)18-14-24(35(23)37)40(56)51(39)21-9-11-22(12-10-21)52-41(57)25-15-19-29-38-30(20-16-26(36(25)38)42(52)58)46(62)54(45(29)61)48-50-32-6-2-4-8-34(32)64-48/h1-20H. The number of hydrogen-bond donors (Lipinski definition) is 0. The number of imide groups is 4. The molecule has 4 aliphatic heterocycles. The first kappa shape index (κ1) is 36.1. The molecule has 0 atom stereocenters. The highest BCUT2D eigenvalue weighted by Gasteiger charge is 2.44. The van der Waals surface area contributed by atoms with Gasteiger partial charge in [0.1, 0.15) is 0 Å². The van der Waals surface area contributed by atoms with Crippen molar-refractivity contribution in [2.45, 2.75) is 0 Å². The van der Waals surface area contributed by atoms with Gasteiger partial charge in [-0.3, -0.25) is 38.4 Å². The Balaban J connectivity index is 0.822. The Morgan fingerprint density at radius 2 is 0.547 bits per heavy atom.